The molecule has 1 aromatic rings. The molecule has 0 unspecified atom stereocenters. The third-order valence-electron chi connectivity index (χ3n) is 3.80. The van der Waals surface area contributed by atoms with Gasteiger partial charge in [-0.25, -0.2) is 0 Å². The van der Waals surface area contributed by atoms with Crippen LogP contribution in [-0.2, 0) is 9.59 Å². The highest BCUT2D eigenvalue weighted by atomic mass is 35.5. The fourth-order valence-corrected chi connectivity index (χ4v) is 2.76. The highest BCUT2D eigenvalue weighted by Gasteiger charge is 2.26. The van der Waals surface area contributed by atoms with Crippen molar-refractivity contribution in [3.8, 4) is 5.75 Å². The second-order valence-electron chi connectivity index (χ2n) is 5.45. The summed E-state index contributed by atoms with van der Waals surface area (Å²) in [5.41, 5.74) is 0.927. The second kappa shape index (κ2) is 8.06. The number of amides is 2. The Hall–Kier alpha value is -1.95. The average molecular weight is 340 g/mol. The summed E-state index contributed by atoms with van der Waals surface area (Å²) < 4.78 is 5.37. The van der Waals surface area contributed by atoms with Crippen molar-refractivity contribution in [1.29, 1.82) is 0 Å². The zero-order valence-corrected chi connectivity index (χ0v) is 14.2. The van der Waals surface area contributed by atoms with Crippen LogP contribution in [0, 0.1) is 0 Å². The molecule has 1 aliphatic rings. The average Bonchev–Trinajstić information content (AvgIpc) is 3.00. The first-order valence-corrected chi connectivity index (χ1v) is 8.05. The molecule has 2 rings (SSSR count). The van der Waals surface area contributed by atoms with Crippen molar-refractivity contribution in [3.05, 3.63) is 23.2 Å². The van der Waals surface area contributed by atoms with Gasteiger partial charge in [-0.1, -0.05) is 18.5 Å². The third-order valence-corrected chi connectivity index (χ3v) is 4.04. The van der Waals surface area contributed by atoms with Gasteiger partial charge in [0.15, 0.2) is 0 Å². The van der Waals surface area contributed by atoms with Crippen LogP contribution in [0.4, 0.5) is 5.69 Å². The molecule has 0 aliphatic carbocycles. The summed E-state index contributed by atoms with van der Waals surface area (Å²) in [4.78, 5) is 25.2. The van der Waals surface area contributed by atoms with Gasteiger partial charge in [0, 0.05) is 30.6 Å². The van der Waals surface area contributed by atoms with Gasteiger partial charge in [-0.15, -0.1) is 0 Å². The maximum Gasteiger partial charge on any atom is 0.239 e. The highest BCUT2D eigenvalue weighted by Crippen LogP contribution is 2.33. The van der Waals surface area contributed by atoms with Gasteiger partial charge < -0.3 is 20.3 Å². The van der Waals surface area contributed by atoms with Crippen molar-refractivity contribution in [2.75, 3.05) is 31.6 Å². The number of methoxy groups -OCH3 is 1. The number of nitrogens with one attached hydrogen (secondary N) is 2. The number of carbonyl (C=O) groups excluding carboxylic acids is 2. The zero-order valence-electron chi connectivity index (χ0n) is 13.4. The molecule has 1 saturated heterocycles. The molecular formula is C16H22ClN3O3. The summed E-state index contributed by atoms with van der Waals surface area (Å²) >= 11 is 6.07. The van der Waals surface area contributed by atoms with E-state index in [4.69, 9.17) is 16.3 Å². The lowest BCUT2D eigenvalue weighted by Crippen LogP contribution is -2.43. The highest BCUT2D eigenvalue weighted by molar-refractivity contribution is 6.30. The summed E-state index contributed by atoms with van der Waals surface area (Å²) in [7, 11) is 1.62. The fraction of sp³-hybridized carbons (Fsp3) is 0.500. The molecule has 6 nitrogen and oxygen atoms in total. The smallest absolute Gasteiger partial charge is 0.239 e. The van der Waals surface area contributed by atoms with Gasteiger partial charge in [-0.05, 0) is 24.6 Å². The lowest BCUT2D eigenvalue weighted by molar-refractivity contribution is -0.126. The summed E-state index contributed by atoms with van der Waals surface area (Å²) in [6.07, 6.45) is 1.21. The van der Waals surface area contributed by atoms with Crippen molar-refractivity contribution in [2.24, 2.45) is 0 Å². The maximum absolute atomic E-state index is 11.8. The predicted octanol–water partition coefficient (Wildman–Crippen LogP) is 1.57. The number of ether oxygens (including phenoxy) is 1. The van der Waals surface area contributed by atoms with Crippen LogP contribution in [0.3, 0.4) is 0 Å². The van der Waals surface area contributed by atoms with E-state index in [1.165, 1.54) is 0 Å². The van der Waals surface area contributed by atoms with Gasteiger partial charge in [-0.2, -0.15) is 0 Å². The molecule has 0 radical (unpaired) electrons. The summed E-state index contributed by atoms with van der Waals surface area (Å²) in [6, 6.07) is 5.54. The van der Waals surface area contributed by atoms with Gasteiger partial charge in [0.25, 0.3) is 0 Å². The van der Waals surface area contributed by atoms with Crippen LogP contribution in [0.25, 0.3) is 0 Å². The summed E-state index contributed by atoms with van der Waals surface area (Å²) in [6.45, 7) is 3.26. The Morgan fingerprint density at radius 2 is 2.17 bits per heavy atom. The molecular weight excluding hydrogens is 318 g/mol. The Bertz CT molecular complexity index is 580. The number of nitrogens with zero attached hydrogens (tertiary/aromatic N) is 1. The molecule has 2 N–H and O–H groups in total. The van der Waals surface area contributed by atoms with Crippen LogP contribution >= 0.6 is 11.6 Å². The molecule has 23 heavy (non-hydrogen) atoms. The summed E-state index contributed by atoms with van der Waals surface area (Å²) in [5.74, 6) is 0.463. The van der Waals surface area contributed by atoms with Gasteiger partial charge >= 0.3 is 0 Å². The zero-order chi connectivity index (χ0) is 16.8. The molecule has 126 valence electrons. The molecule has 1 aromatic carbocycles. The number of halogens is 1. The first-order chi connectivity index (χ1) is 11.0. The van der Waals surface area contributed by atoms with E-state index < -0.39 is 0 Å². The molecule has 1 aliphatic heterocycles. The lowest BCUT2D eigenvalue weighted by atomic mass is 10.2. The van der Waals surface area contributed by atoms with E-state index in [1.807, 2.05) is 12.1 Å². The van der Waals surface area contributed by atoms with E-state index in [-0.39, 0.29) is 24.4 Å². The molecule has 7 heteroatoms. The molecule has 1 heterocycles. The van der Waals surface area contributed by atoms with Gasteiger partial charge in [-0.3, -0.25) is 9.59 Å². The number of anilines is 1. The van der Waals surface area contributed by atoms with Gasteiger partial charge in [0.2, 0.25) is 11.8 Å². The lowest BCUT2D eigenvalue weighted by Gasteiger charge is -2.21. The number of hydrogen-bond acceptors (Lipinski definition) is 4. The number of rotatable bonds is 6. The van der Waals surface area contributed by atoms with Crippen LogP contribution < -0.4 is 20.3 Å². The quantitative estimate of drug-likeness (QED) is 0.825. The summed E-state index contributed by atoms with van der Waals surface area (Å²) in [5, 5.41) is 6.16. The SMILES string of the molecule is CCC(=O)NCC(=O)N[C@H]1CCN(c2cc(Cl)ccc2OC)C1. The number of hydrogen-bond donors (Lipinski definition) is 2. The van der Waals surface area contributed by atoms with E-state index in [1.54, 1.807) is 20.1 Å². The van der Waals surface area contributed by atoms with E-state index in [9.17, 15) is 9.59 Å². The molecule has 0 saturated carbocycles. The number of benzene rings is 1. The second-order valence-corrected chi connectivity index (χ2v) is 5.88. The molecule has 2 amide bonds. The first-order valence-electron chi connectivity index (χ1n) is 7.68. The molecule has 0 bridgehead atoms. The van der Waals surface area contributed by atoms with Crippen molar-refractivity contribution < 1.29 is 14.3 Å². The molecule has 0 aromatic heterocycles. The van der Waals surface area contributed by atoms with Crippen molar-refractivity contribution in [1.82, 2.24) is 10.6 Å². The predicted molar refractivity (Wildman–Crippen MR) is 90.1 cm³/mol. The Balaban J connectivity index is 1.90. The topological polar surface area (TPSA) is 70.7 Å². The van der Waals surface area contributed by atoms with Crippen molar-refractivity contribution >= 4 is 29.1 Å². The first kappa shape index (κ1) is 17.4. The van der Waals surface area contributed by atoms with E-state index in [0.29, 0.717) is 18.0 Å². The molecule has 0 spiro atoms. The minimum atomic E-state index is -0.170. The van der Waals surface area contributed by atoms with Crippen LogP contribution in [0.15, 0.2) is 18.2 Å². The Labute approximate surface area is 141 Å². The van der Waals surface area contributed by atoms with E-state index >= 15 is 0 Å². The largest absolute Gasteiger partial charge is 0.495 e. The normalized spacial score (nSPS) is 17.0. The molecule has 1 fully saturated rings. The fourth-order valence-electron chi connectivity index (χ4n) is 2.59. The van der Waals surface area contributed by atoms with Crippen LogP contribution in [0.2, 0.25) is 5.02 Å². The number of carbonyl (C=O) groups is 2. The van der Waals surface area contributed by atoms with Crippen LogP contribution in [0.5, 0.6) is 5.75 Å². The van der Waals surface area contributed by atoms with Crippen LogP contribution in [0.1, 0.15) is 19.8 Å². The monoisotopic (exact) mass is 339 g/mol. The van der Waals surface area contributed by atoms with E-state index in [2.05, 4.69) is 15.5 Å². The third kappa shape index (κ3) is 4.76. The van der Waals surface area contributed by atoms with Gasteiger partial charge in [0.05, 0.1) is 19.3 Å². The Morgan fingerprint density at radius 3 is 2.87 bits per heavy atom. The van der Waals surface area contributed by atoms with Gasteiger partial charge in [0.1, 0.15) is 5.75 Å². The van der Waals surface area contributed by atoms with Crippen molar-refractivity contribution in [3.63, 3.8) is 0 Å². The Kier molecular flexibility index (Phi) is 6.10. The minimum Gasteiger partial charge on any atom is -0.495 e. The molecule has 1 atom stereocenters. The van der Waals surface area contributed by atoms with Crippen molar-refractivity contribution in [2.45, 2.75) is 25.8 Å². The standard InChI is InChI=1S/C16H22ClN3O3/c1-3-15(21)18-9-16(22)19-12-6-7-20(10-12)13-8-11(17)4-5-14(13)23-2/h4-5,8,12H,3,6-7,9-10H2,1-2H3,(H,18,21)(H,19,22)/t12-/m0/s1. The van der Waals surface area contributed by atoms with Crippen LogP contribution in [-0.4, -0.2) is 44.6 Å². The minimum absolute atomic E-state index is 0.0175. The van der Waals surface area contributed by atoms with E-state index in [0.717, 1.165) is 24.4 Å². The Morgan fingerprint density at radius 1 is 1.39 bits per heavy atom. The maximum atomic E-state index is 11.8.